The Morgan fingerprint density at radius 1 is 0.939 bits per heavy atom. The molecule has 3 rings (SSSR count). The van der Waals surface area contributed by atoms with Gasteiger partial charge in [0.15, 0.2) is 5.69 Å². The van der Waals surface area contributed by atoms with Crippen LogP contribution in [0.1, 0.15) is 27.3 Å². The number of aromatic nitrogens is 2. The molecule has 0 radical (unpaired) electrons. The average Bonchev–Trinajstić information content (AvgIpc) is 3.14. The van der Waals surface area contributed by atoms with Gasteiger partial charge < -0.3 is 5.32 Å². The maximum Gasteiger partial charge on any atom is 0.435 e. The highest BCUT2D eigenvalue weighted by atomic mass is 32.2. The van der Waals surface area contributed by atoms with E-state index in [0.29, 0.717) is 17.7 Å². The van der Waals surface area contributed by atoms with Crippen molar-refractivity contribution in [3.8, 4) is 0 Å². The number of amides is 1. The second-order valence-corrected chi connectivity index (χ2v) is 8.84. The molecule has 0 fully saturated rings. The van der Waals surface area contributed by atoms with E-state index in [2.05, 4.69) is 10.4 Å². The van der Waals surface area contributed by atoms with Crippen LogP contribution in [-0.4, -0.2) is 24.1 Å². The van der Waals surface area contributed by atoms with Gasteiger partial charge in [0.2, 0.25) is 9.84 Å². The Morgan fingerprint density at radius 3 is 2.12 bits per heavy atom. The first-order valence-electron chi connectivity index (χ1n) is 9.10. The first-order valence-corrected chi connectivity index (χ1v) is 10.6. The van der Waals surface area contributed by atoms with E-state index in [1.807, 2.05) is 0 Å². The zero-order valence-electron chi connectivity index (χ0n) is 16.7. The second kappa shape index (κ2) is 8.54. The Balaban J connectivity index is 1.73. The van der Waals surface area contributed by atoms with Gasteiger partial charge in [0, 0.05) is 19.7 Å². The summed E-state index contributed by atoms with van der Waals surface area (Å²) in [5.41, 5.74) is -2.25. The van der Waals surface area contributed by atoms with E-state index in [1.54, 1.807) is 0 Å². The largest absolute Gasteiger partial charge is 0.435 e. The van der Waals surface area contributed by atoms with Crippen molar-refractivity contribution in [2.24, 2.45) is 7.05 Å². The van der Waals surface area contributed by atoms with Gasteiger partial charge in [-0.1, -0.05) is 18.2 Å². The number of halogens is 6. The van der Waals surface area contributed by atoms with Crippen LogP contribution in [0.4, 0.5) is 26.3 Å². The number of hydrogen-bond donors (Lipinski definition) is 1. The van der Waals surface area contributed by atoms with Crippen LogP contribution in [0.2, 0.25) is 0 Å². The molecule has 0 aliphatic heterocycles. The van der Waals surface area contributed by atoms with E-state index in [4.69, 9.17) is 0 Å². The normalized spacial score (nSPS) is 12.6. The van der Waals surface area contributed by atoms with E-state index in [9.17, 15) is 39.6 Å². The molecular formula is C20H15F6N3O3S. The molecule has 6 nitrogen and oxygen atoms in total. The molecule has 176 valence electrons. The van der Waals surface area contributed by atoms with Crippen molar-refractivity contribution in [3.63, 3.8) is 0 Å². The molecular weight excluding hydrogens is 476 g/mol. The van der Waals surface area contributed by atoms with Crippen LogP contribution in [-0.2, 0) is 35.8 Å². The van der Waals surface area contributed by atoms with Gasteiger partial charge in [0.05, 0.1) is 15.4 Å². The number of rotatable bonds is 5. The van der Waals surface area contributed by atoms with Gasteiger partial charge >= 0.3 is 12.4 Å². The Kier molecular flexibility index (Phi) is 6.29. The van der Waals surface area contributed by atoms with Gasteiger partial charge in [-0.25, -0.2) is 8.42 Å². The summed E-state index contributed by atoms with van der Waals surface area (Å²) in [6.07, 6.45) is -9.42. The molecule has 0 bridgehead atoms. The van der Waals surface area contributed by atoms with Crippen molar-refractivity contribution in [2.75, 3.05) is 0 Å². The summed E-state index contributed by atoms with van der Waals surface area (Å²) in [7, 11) is -3.06. The van der Waals surface area contributed by atoms with E-state index in [-0.39, 0.29) is 17.1 Å². The topological polar surface area (TPSA) is 81.1 Å². The zero-order valence-corrected chi connectivity index (χ0v) is 17.5. The van der Waals surface area contributed by atoms with Crippen LogP contribution in [0, 0.1) is 0 Å². The standard InChI is InChI=1S/C20H15F6N3O3S/c1-29-16(10-17(28-29)20(24,25)26)18(30)27-11-12-5-7-14(8-6-12)33(31,32)15-4-2-3-13(9-15)19(21,22)23/h2-10H,11H2,1H3,(H,27,30). The minimum absolute atomic E-state index is 0.144. The summed E-state index contributed by atoms with van der Waals surface area (Å²) in [4.78, 5) is 11.4. The van der Waals surface area contributed by atoms with Crippen molar-refractivity contribution in [2.45, 2.75) is 28.7 Å². The number of nitrogens with one attached hydrogen (secondary N) is 1. The molecule has 1 amide bonds. The zero-order chi connectivity index (χ0) is 24.6. The molecule has 0 spiro atoms. The number of alkyl halides is 6. The third kappa shape index (κ3) is 5.35. The lowest BCUT2D eigenvalue weighted by atomic mass is 10.2. The highest BCUT2D eigenvalue weighted by molar-refractivity contribution is 7.91. The third-order valence-electron chi connectivity index (χ3n) is 4.56. The minimum atomic E-state index is -4.71. The van der Waals surface area contributed by atoms with Gasteiger partial charge in [0.1, 0.15) is 5.69 Å². The fraction of sp³-hybridized carbons (Fsp3) is 0.200. The molecule has 2 aromatic carbocycles. The lowest BCUT2D eigenvalue weighted by molar-refractivity contribution is -0.141. The summed E-state index contributed by atoms with van der Waals surface area (Å²) < 4.78 is 103. The summed E-state index contributed by atoms with van der Waals surface area (Å²) in [5, 5.41) is 5.63. The molecule has 0 saturated heterocycles. The van der Waals surface area contributed by atoms with Crippen LogP contribution in [0.5, 0.6) is 0 Å². The van der Waals surface area contributed by atoms with Crippen molar-refractivity contribution < 1.29 is 39.6 Å². The predicted octanol–water partition coefficient (Wildman–Crippen LogP) is 4.22. The first-order chi connectivity index (χ1) is 15.2. The molecule has 1 N–H and O–H groups in total. The monoisotopic (exact) mass is 491 g/mol. The van der Waals surface area contributed by atoms with Crippen molar-refractivity contribution >= 4 is 15.7 Å². The number of benzene rings is 2. The van der Waals surface area contributed by atoms with Crippen molar-refractivity contribution in [1.82, 2.24) is 15.1 Å². The lowest BCUT2D eigenvalue weighted by Gasteiger charge is -2.10. The maximum absolute atomic E-state index is 12.9. The van der Waals surface area contributed by atoms with Gasteiger partial charge in [-0.15, -0.1) is 0 Å². The SMILES string of the molecule is Cn1nc(C(F)(F)F)cc1C(=O)NCc1ccc(S(=O)(=O)c2cccc(C(F)(F)F)c2)cc1. The molecule has 0 unspecified atom stereocenters. The fourth-order valence-corrected chi connectivity index (χ4v) is 4.16. The molecule has 0 saturated carbocycles. The van der Waals surface area contributed by atoms with Crippen molar-refractivity contribution in [3.05, 3.63) is 77.1 Å². The molecule has 0 aliphatic carbocycles. The van der Waals surface area contributed by atoms with Crippen LogP contribution in [0.3, 0.4) is 0 Å². The first kappa shape index (κ1) is 24.3. The average molecular weight is 491 g/mol. The van der Waals surface area contributed by atoms with E-state index in [1.165, 1.54) is 19.2 Å². The van der Waals surface area contributed by atoms with Gasteiger partial charge in [-0.05, 0) is 35.9 Å². The molecule has 33 heavy (non-hydrogen) atoms. The number of carbonyl (C=O) groups is 1. The number of hydrogen-bond acceptors (Lipinski definition) is 4. The summed E-state index contributed by atoms with van der Waals surface area (Å²) in [6.45, 7) is -0.144. The van der Waals surface area contributed by atoms with Crippen LogP contribution < -0.4 is 5.32 Å². The molecule has 3 aromatic rings. The van der Waals surface area contributed by atoms with Crippen molar-refractivity contribution in [1.29, 1.82) is 0 Å². The number of carbonyl (C=O) groups excluding carboxylic acids is 1. The quantitative estimate of drug-likeness (QED) is 0.542. The summed E-state index contributed by atoms with van der Waals surface area (Å²) in [5.74, 6) is -0.832. The highest BCUT2D eigenvalue weighted by Crippen LogP contribution is 2.32. The molecule has 1 aromatic heterocycles. The second-order valence-electron chi connectivity index (χ2n) is 6.89. The van der Waals surface area contributed by atoms with Crippen LogP contribution in [0.15, 0.2) is 64.4 Å². The highest BCUT2D eigenvalue weighted by Gasteiger charge is 2.35. The van der Waals surface area contributed by atoms with E-state index in [0.717, 1.165) is 35.0 Å². The Morgan fingerprint density at radius 2 is 1.58 bits per heavy atom. The summed E-state index contributed by atoms with van der Waals surface area (Å²) in [6, 6.07) is 8.88. The van der Waals surface area contributed by atoms with Gasteiger partial charge in [-0.3, -0.25) is 9.48 Å². The molecule has 1 heterocycles. The fourth-order valence-electron chi connectivity index (χ4n) is 2.85. The molecule has 13 heteroatoms. The van der Waals surface area contributed by atoms with E-state index < -0.39 is 44.2 Å². The maximum atomic E-state index is 12.9. The number of aryl methyl sites for hydroxylation is 1. The summed E-state index contributed by atoms with van der Waals surface area (Å²) >= 11 is 0. The molecule has 0 atom stereocenters. The van der Waals surface area contributed by atoms with Crippen LogP contribution >= 0.6 is 0 Å². The number of sulfone groups is 1. The Hall–Kier alpha value is -3.35. The number of nitrogens with zero attached hydrogens (tertiary/aromatic N) is 2. The van der Waals surface area contributed by atoms with Gasteiger partial charge in [0.25, 0.3) is 5.91 Å². The lowest BCUT2D eigenvalue weighted by Crippen LogP contribution is -2.25. The predicted molar refractivity (Wildman–Crippen MR) is 103 cm³/mol. The Bertz CT molecular complexity index is 1280. The van der Waals surface area contributed by atoms with E-state index >= 15 is 0 Å². The Labute approximate surface area is 183 Å². The van der Waals surface area contributed by atoms with Crippen LogP contribution in [0.25, 0.3) is 0 Å². The molecule has 0 aliphatic rings. The minimum Gasteiger partial charge on any atom is -0.347 e. The third-order valence-corrected chi connectivity index (χ3v) is 6.33. The van der Waals surface area contributed by atoms with Gasteiger partial charge in [-0.2, -0.15) is 31.4 Å². The smallest absolute Gasteiger partial charge is 0.347 e.